The molecular formula is C15H18N4O3S. The van der Waals surface area contributed by atoms with Gasteiger partial charge in [-0.05, 0) is 25.0 Å². The van der Waals surface area contributed by atoms with Gasteiger partial charge in [0, 0.05) is 12.2 Å². The number of rotatable bonds is 4. The van der Waals surface area contributed by atoms with Gasteiger partial charge in [0.05, 0.1) is 29.0 Å². The van der Waals surface area contributed by atoms with Crippen LogP contribution in [-0.4, -0.2) is 46.6 Å². The largest absolute Gasteiger partial charge is 0.348 e. The van der Waals surface area contributed by atoms with E-state index >= 15 is 0 Å². The van der Waals surface area contributed by atoms with Crippen LogP contribution in [0.25, 0.3) is 5.82 Å². The van der Waals surface area contributed by atoms with Crippen molar-refractivity contribution >= 4 is 15.7 Å². The highest BCUT2D eigenvalue weighted by atomic mass is 32.2. The maximum Gasteiger partial charge on any atom is 0.255 e. The lowest BCUT2D eigenvalue weighted by Crippen LogP contribution is -2.35. The third-order valence-corrected chi connectivity index (χ3v) is 5.65. The van der Waals surface area contributed by atoms with E-state index < -0.39 is 9.84 Å². The fourth-order valence-corrected chi connectivity index (χ4v) is 4.43. The number of hydrogen-bond acceptors (Lipinski definition) is 5. The summed E-state index contributed by atoms with van der Waals surface area (Å²) in [6.07, 6.45) is 4.25. The molecule has 1 aliphatic heterocycles. The van der Waals surface area contributed by atoms with Gasteiger partial charge in [0.2, 0.25) is 0 Å². The van der Waals surface area contributed by atoms with Crippen molar-refractivity contribution in [3.63, 3.8) is 0 Å². The quantitative estimate of drug-likeness (QED) is 0.890. The lowest BCUT2D eigenvalue weighted by atomic mass is 10.1. The number of carbonyl (C=O) groups is 1. The topological polar surface area (TPSA) is 94.0 Å². The van der Waals surface area contributed by atoms with Gasteiger partial charge in [-0.15, -0.1) is 0 Å². The van der Waals surface area contributed by atoms with Crippen LogP contribution in [0.1, 0.15) is 29.4 Å². The molecule has 0 aromatic carbocycles. The molecular weight excluding hydrogens is 316 g/mol. The van der Waals surface area contributed by atoms with Crippen molar-refractivity contribution in [2.45, 2.75) is 25.8 Å². The Labute approximate surface area is 134 Å². The molecule has 0 saturated carbocycles. The van der Waals surface area contributed by atoms with Gasteiger partial charge in [0.15, 0.2) is 15.7 Å². The molecule has 122 valence electrons. The Balaban J connectivity index is 1.83. The predicted octanol–water partition coefficient (Wildman–Crippen LogP) is 0.747. The third-order valence-electron chi connectivity index (χ3n) is 3.88. The average Bonchev–Trinajstić information content (AvgIpc) is 3.11. The summed E-state index contributed by atoms with van der Waals surface area (Å²) in [6.45, 7) is 1.94. The summed E-state index contributed by atoms with van der Waals surface area (Å²) in [5, 5.41) is 7.05. The molecule has 1 unspecified atom stereocenters. The highest BCUT2D eigenvalue weighted by Crippen LogP contribution is 2.16. The van der Waals surface area contributed by atoms with Crippen LogP contribution in [0.15, 0.2) is 30.6 Å². The van der Waals surface area contributed by atoms with Crippen LogP contribution in [0.4, 0.5) is 0 Å². The Bertz CT molecular complexity index is 815. The molecule has 8 heteroatoms. The van der Waals surface area contributed by atoms with E-state index in [4.69, 9.17) is 0 Å². The van der Waals surface area contributed by atoms with Crippen LogP contribution in [0.2, 0.25) is 0 Å². The number of carbonyl (C=O) groups excluding carboxylic acids is 1. The van der Waals surface area contributed by atoms with E-state index in [9.17, 15) is 13.2 Å². The SMILES string of the molecule is CCc1c(C(=O)NC2CCS(=O)(=O)C2)cnn1-c1ccccn1. The minimum Gasteiger partial charge on any atom is -0.348 e. The van der Waals surface area contributed by atoms with Crippen molar-refractivity contribution in [1.29, 1.82) is 0 Å². The first kappa shape index (κ1) is 15.7. The van der Waals surface area contributed by atoms with Crippen molar-refractivity contribution in [2.24, 2.45) is 0 Å². The minimum atomic E-state index is -3.02. The molecule has 0 bridgehead atoms. The van der Waals surface area contributed by atoms with Gasteiger partial charge in [-0.25, -0.2) is 18.1 Å². The first-order valence-electron chi connectivity index (χ1n) is 7.50. The lowest BCUT2D eigenvalue weighted by Gasteiger charge is -2.11. The number of nitrogens with one attached hydrogen (secondary N) is 1. The van der Waals surface area contributed by atoms with E-state index in [1.807, 2.05) is 25.1 Å². The molecule has 1 amide bonds. The zero-order chi connectivity index (χ0) is 16.4. The molecule has 3 rings (SSSR count). The van der Waals surface area contributed by atoms with Crippen molar-refractivity contribution < 1.29 is 13.2 Å². The number of aromatic nitrogens is 3. The average molecular weight is 334 g/mol. The molecule has 1 saturated heterocycles. The van der Waals surface area contributed by atoms with E-state index in [-0.39, 0.29) is 23.5 Å². The summed E-state index contributed by atoms with van der Waals surface area (Å²) in [6, 6.07) is 5.16. The molecule has 0 aliphatic carbocycles. The second kappa shape index (κ2) is 6.11. The van der Waals surface area contributed by atoms with E-state index in [1.165, 1.54) is 6.20 Å². The Kier molecular flexibility index (Phi) is 4.16. The summed E-state index contributed by atoms with van der Waals surface area (Å²) in [5.41, 5.74) is 1.21. The zero-order valence-electron chi connectivity index (χ0n) is 12.8. The normalized spacial score (nSPS) is 19.6. The Morgan fingerprint density at radius 2 is 2.26 bits per heavy atom. The van der Waals surface area contributed by atoms with E-state index in [0.29, 0.717) is 24.2 Å². The van der Waals surface area contributed by atoms with Gasteiger partial charge in [-0.1, -0.05) is 13.0 Å². The first-order valence-corrected chi connectivity index (χ1v) is 9.32. The second-order valence-electron chi connectivity index (χ2n) is 5.53. The van der Waals surface area contributed by atoms with Crippen LogP contribution < -0.4 is 5.32 Å². The highest BCUT2D eigenvalue weighted by Gasteiger charge is 2.30. The maximum absolute atomic E-state index is 12.5. The smallest absolute Gasteiger partial charge is 0.255 e. The maximum atomic E-state index is 12.5. The van der Waals surface area contributed by atoms with Gasteiger partial charge in [-0.3, -0.25) is 4.79 Å². The van der Waals surface area contributed by atoms with Crippen LogP contribution in [0, 0.1) is 0 Å². The molecule has 1 aliphatic rings. The van der Waals surface area contributed by atoms with Gasteiger partial charge >= 0.3 is 0 Å². The number of hydrogen-bond donors (Lipinski definition) is 1. The molecule has 7 nitrogen and oxygen atoms in total. The van der Waals surface area contributed by atoms with Gasteiger partial charge in [0.25, 0.3) is 5.91 Å². The molecule has 1 N–H and O–H groups in total. The second-order valence-corrected chi connectivity index (χ2v) is 7.76. The lowest BCUT2D eigenvalue weighted by molar-refractivity contribution is 0.0940. The van der Waals surface area contributed by atoms with Crippen LogP contribution in [-0.2, 0) is 16.3 Å². The number of pyridine rings is 1. The number of sulfone groups is 1. The molecule has 23 heavy (non-hydrogen) atoms. The first-order chi connectivity index (χ1) is 11.0. The van der Waals surface area contributed by atoms with Crippen LogP contribution >= 0.6 is 0 Å². The summed E-state index contributed by atoms with van der Waals surface area (Å²) < 4.78 is 24.6. The summed E-state index contributed by atoms with van der Waals surface area (Å²) in [5.74, 6) is 0.498. The van der Waals surface area contributed by atoms with Crippen molar-refractivity contribution in [3.8, 4) is 5.82 Å². The van der Waals surface area contributed by atoms with Crippen LogP contribution in [0.3, 0.4) is 0 Å². The fraction of sp³-hybridized carbons (Fsp3) is 0.400. The molecule has 3 heterocycles. The number of nitrogens with zero attached hydrogens (tertiary/aromatic N) is 3. The van der Waals surface area contributed by atoms with Crippen molar-refractivity contribution in [3.05, 3.63) is 41.9 Å². The molecule has 1 fully saturated rings. The summed E-state index contributed by atoms with van der Waals surface area (Å²) in [4.78, 5) is 16.7. The van der Waals surface area contributed by atoms with E-state index in [0.717, 1.165) is 5.69 Å². The predicted molar refractivity (Wildman–Crippen MR) is 85.3 cm³/mol. The number of amides is 1. The fourth-order valence-electron chi connectivity index (χ4n) is 2.75. The highest BCUT2D eigenvalue weighted by molar-refractivity contribution is 7.91. The van der Waals surface area contributed by atoms with E-state index in [1.54, 1.807) is 10.9 Å². The molecule has 2 aromatic heterocycles. The standard InChI is InChI=1S/C15H18N4O3S/c1-2-13-12(9-17-19(13)14-5-3-4-7-16-14)15(20)18-11-6-8-23(21,22)10-11/h3-5,7,9,11H,2,6,8,10H2,1H3,(H,18,20). The van der Waals surface area contributed by atoms with E-state index in [2.05, 4.69) is 15.4 Å². The minimum absolute atomic E-state index is 0.00851. The van der Waals surface area contributed by atoms with Gasteiger partial charge < -0.3 is 5.32 Å². The zero-order valence-corrected chi connectivity index (χ0v) is 13.6. The summed E-state index contributed by atoms with van der Waals surface area (Å²) >= 11 is 0. The Morgan fingerprint density at radius 3 is 2.87 bits per heavy atom. The summed E-state index contributed by atoms with van der Waals surface area (Å²) in [7, 11) is -3.02. The molecule has 2 aromatic rings. The van der Waals surface area contributed by atoms with Gasteiger partial charge in [-0.2, -0.15) is 5.10 Å². The molecule has 0 spiro atoms. The molecule has 0 radical (unpaired) electrons. The van der Waals surface area contributed by atoms with Crippen molar-refractivity contribution in [1.82, 2.24) is 20.1 Å². The Hall–Kier alpha value is -2.22. The van der Waals surface area contributed by atoms with Crippen molar-refractivity contribution in [2.75, 3.05) is 11.5 Å². The van der Waals surface area contributed by atoms with Crippen LogP contribution in [0.5, 0.6) is 0 Å². The van der Waals surface area contributed by atoms with Gasteiger partial charge in [0.1, 0.15) is 0 Å². The monoisotopic (exact) mass is 334 g/mol. The molecule has 1 atom stereocenters. The third kappa shape index (κ3) is 3.26. The Morgan fingerprint density at radius 1 is 1.43 bits per heavy atom.